The molecule has 0 aliphatic carbocycles. The molecule has 2 aromatic carbocycles. The van der Waals surface area contributed by atoms with Crippen molar-refractivity contribution in [1.82, 2.24) is 0 Å². The lowest BCUT2D eigenvalue weighted by Gasteiger charge is -2.28. The van der Waals surface area contributed by atoms with Crippen molar-refractivity contribution >= 4 is 33.3 Å². The molecule has 0 saturated carbocycles. The van der Waals surface area contributed by atoms with E-state index in [9.17, 15) is 18.0 Å². The standard InChI is InChI=1S/C20H24N2O5S/c1-13-6-10-17(11-7-13)22(28(5,25)26)15(3)19(23)21-18-12-16(20(24)27-4)9-8-14(18)2/h6-12,15H,1-5H3,(H,21,23). The van der Waals surface area contributed by atoms with Crippen molar-refractivity contribution in [3.63, 3.8) is 0 Å². The Balaban J connectivity index is 2.34. The van der Waals surface area contributed by atoms with Gasteiger partial charge in [0.15, 0.2) is 0 Å². The minimum atomic E-state index is -3.70. The van der Waals surface area contributed by atoms with Gasteiger partial charge in [-0.25, -0.2) is 13.2 Å². The fourth-order valence-corrected chi connectivity index (χ4v) is 3.91. The van der Waals surface area contributed by atoms with Crippen LogP contribution in [0.5, 0.6) is 0 Å². The second-order valence-electron chi connectivity index (χ2n) is 6.58. The number of nitrogens with one attached hydrogen (secondary N) is 1. The maximum absolute atomic E-state index is 12.8. The third-order valence-electron chi connectivity index (χ3n) is 4.29. The van der Waals surface area contributed by atoms with Gasteiger partial charge in [-0.05, 0) is 50.6 Å². The van der Waals surface area contributed by atoms with E-state index in [0.717, 1.165) is 21.7 Å². The minimum absolute atomic E-state index is 0.287. The average molecular weight is 404 g/mol. The molecule has 0 heterocycles. The van der Waals surface area contributed by atoms with Crippen LogP contribution in [0.2, 0.25) is 0 Å². The molecular formula is C20H24N2O5S. The van der Waals surface area contributed by atoms with Crippen LogP contribution in [0.3, 0.4) is 0 Å². The highest BCUT2D eigenvalue weighted by atomic mass is 32.2. The molecule has 150 valence electrons. The number of sulfonamides is 1. The Morgan fingerprint density at radius 1 is 1.07 bits per heavy atom. The summed E-state index contributed by atoms with van der Waals surface area (Å²) in [6.45, 7) is 5.17. The molecule has 1 unspecified atom stereocenters. The molecule has 0 aliphatic rings. The van der Waals surface area contributed by atoms with Gasteiger partial charge >= 0.3 is 5.97 Å². The smallest absolute Gasteiger partial charge is 0.337 e. The van der Waals surface area contributed by atoms with Gasteiger partial charge in [-0.1, -0.05) is 23.8 Å². The molecule has 0 radical (unpaired) electrons. The number of rotatable bonds is 6. The summed E-state index contributed by atoms with van der Waals surface area (Å²) in [5.41, 5.74) is 2.81. The van der Waals surface area contributed by atoms with Gasteiger partial charge in [-0.15, -0.1) is 0 Å². The summed E-state index contributed by atoms with van der Waals surface area (Å²) < 4.78 is 30.5. The predicted octanol–water partition coefficient (Wildman–Crippen LogP) is 2.88. The first-order valence-corrected chi connectivity index (χ1v) is 10.5. The van der Waals surface area contributed by atoms with Gasteiger partial charge in [0.1, 0.15) is 6.04 Å². The summed E-state index contributed by atoms with van der Waals surface area (Å²) in [5, 5.41) is 2.71. The van der Waals surface area contributed by atoms with Crippen LogP contribution in [0.1, 0.15) is 28.4 Å². The van der Waals surface area contributed by atoms with Crippen molar-refractivity contribution < 1.29 is 22.7 Å². The van der Waals surface area contributed by atoms with Crippen molar-refractivity contribution in [2.45, 2.75) is 26.8 Å². The fraction of sp³-hybridized carbons (Fsp3) is 0.300. The highest BCUT2D eigenvalue weighted by Crippen LogP contribution is 2.23. The summed E-state index contributed by atoms with van der Waals surface area (Å²) >= 11 is 0. The van der Waals surface area contributed by atoms with Crippen molar-refractivity contribution in [2.75, 3.05) is 23.0 Å². The van der Waals surface area contributed by atoms with Gasteiger partial charge < -0.3 is 10.1 Å². The Kier molecular flexibility index (Phi) is 6.45. The van der Waals surface area contributed by atoms with E-state index in [1.165, 1.54) is 20.1 Å². The van der Waals surface area contributed by atoms with Gasteiger partial charge in [0.25, 0.3) is 0 Å². The number of amides is 1. The van der Waals surface area contributed by atoms with Gasteiger partial charge in [0.05, 0.1) is 24.6 Å². The Hall–Kier alpha value is -2.87. The summed E-state index contributed by atoms with van der Waals surface area (Å²) in [4.78, 5) is 24.5. The number of aryl methyl sites for hydroxylation is 2. The van der Waals surface area contributed by atoms with E-state index in [1.807, 2.05) is 6.92 Å². The second-order valence-corrected chi connectivity index (χ2v) is 8.44. The third-order valence-corrected chi connectivity index (χ3v) is 5.54. The SMILES string of the molecule is COC(=O)c1ccc(C)c(NC(=O)C(C)N(c2ccc(C)cc2)S(C)(=O)=O)c1. The average Bonchev–Trinajstić information content (AvgIpc) is 2.63. The quantitative estimate of drug-likeness (QED) is 0.748. The third kappa shape index (κ3) is 4.89. The molecule has 28 heavy (non-hydrogen) atoms. The molecule has 7 nitrogen and oxygen atoms in total. The number of benzene rings is 2. The van der Waals surface area contributed by atoms with Crippen LogP contribution in [0.4, 0.5) is 11.4 Å². The summed E-state index contributed by atoms with van der Waals surface area (Å²) in [6, 6.07) is 10.6. The first-order valence-electron chi connectivity index (χ1n) is 8.60. The number of hydrogen-bond acceptors (Lipinski definition) is 5. The molecule has 1 atom stereocenters. The number of esters is 1. The topological polar surface area (TPSA) is 92.8 Å². The number of ether oxygens (including phenoxy) is 1. The van der Waals surface area contributed by atoms with Crippen molar-refractivity contribution in [3.8, 4) is 0 Å². The fourth-order valence-electron chi connectivity index (χ4n) is 2.74. The Morgan fingerprint density at radius 2 is 1.68 bits per heavy atom. The molecule has 0 aromatic heterocycles. The molecular weight excluding hydrogens is 380 g/mol. The zero-order valence-corrected chi connectivity index (χ0v) is 17.3. The van der Waals surface area contributed by atoms with Gasteiger partial charge in [-0.3, -0.25) is 9.10 Å². The minimum Gasteiger partial charge on any atom is -0.465 e. The molecule has 2 aromatic rings. The number of anilines is 2. The van der Waals surface area contributed by atoms with Crippen LogP contribution in [0, 0.1) is 13.8 Å². The van der Waals surface area contributed by atoms with Gasteiger partial charge in [0, 0.05) is 5.69 Å². The summed E-state index contributed by atoms with van der Waals surface area (Å²) in [6.07, 6.45) is 1.06. The molecule has 0 saturated heterocycles. The van der Waals surface area contributed by atoms with E-state index in [0.29, 0.717) is 11.4 Å². The number of methoxy groups -OCH3 is 1. The zero-order chi connectivity index (χ0) is 21.1. The lowest BCUT2D eigenvalue weighted by molar-refractivity contribution is -0.116. The molecule has 0 bridgehead atoms. The van der Waals surface area contributed by atoms with Gasteiger partial charge in [0.2, 0.25) is 15.9 Å². The molecule has 1 N–H and O–H groups in total. The van der Waals surface area contributed by atoms with Crippen LogP contribution >= 0.6 is 0 Å². The molecule has 1 amide bonds. The Labute approximate surface area is 165 Å². The Bertz CT molecular complexity index is 984. The predicted molar refractivity (Wildman–Crippen MR) is 109 cm³/mol. The normalized spacial score (nSPS) is 12.2. The maximum Gasteiger partial charge on any atom is 0.337 e. The largest absolute Gasteiger partial charge is 0.465 e. The molecule has 0 spiro atoms. The van der Waals surface area contributed by atoms with E-state index >= 15 is 0 Å². The van der Waals surface area contributed by atoms with E-state index in [-0.39, 0.29) is 5.56 Å². The number of carbonyl (C=O) groups excluding carboxylic acids is 2. The number of hydrogen-bond donors (Lipinski definition) is 1. The lowest BCUT2D eigenvalue weighted by Crippen LogP contribution is -2.45. The van der Waals surface area contributed by atoms with E-state index in [4.69, 9.17) is 4.74 Å². The van der Waals surface area contributed by atoms with Crippen molar-refractivity contribution in [2.24, 2.45) is 0 Å². The molecule has 0 fully saturated rings. The molecule has 0 aliphatic heterocycles. The Morgan fingerprint density at radius 3 is 2.21 bits per heavy atom. The van der Waals surface area contributed by atoms with Crippen LogP contribution < -0.4 is 9.62 Å². The van der Waals surface area contributed by atoms with Crippen LogP contribution in [-0.4, -0.2) is 39.7 Å². The van der Waals surface area contributed by atoms with Crippen molar-refractivity contribution in [3.05, 3.63) is 59.2 Å². The van der Waals surface area contributed by atoms with Crippen molar-refractivity contribution in [1.29, 1.82) is 0 Å². The van der Waals surface area contributed by atoms with Crippen LogP contribution in [0.15, 0.2) is 42.5 Å². The van der Waals surface area contributed by atoms with E-state index in [1.54, 1.807) is 43.3 Å². The highest BCUT2D eigenvalue weighted by Gasteiger charge is 2.29. The van der Waals surface area contributed by atoms with Crippen LogP contribution in [-0.2, 0) is 19.6 Å². The monoisotopic (exact) mass is 404 g/mol. The first kappa shape index (κ1) is 21.4. The molecule has 2 rings (SSSR count). The van der Waals surface area contributed by atoms with E-state index in [2.05, 4.69) is 5.32 Å². The van der Waals surface area contributed by atoms with Crippen LogP contribution in [0.25, 0.3) is 0 Å². The maximum atomic E-state index is 12.8. The highest BCUT2D eigenvalue weighted by molar-refractivity contribution is 7.92. The second kappa shape index (κ2) is 8.43. The number of carbonyl (C=O) groups is 2. The summed E-state index contributed by atoms with van der Waals surface area (Å²) in [7, 11) is -2.43. The van der Waals surface area contributed by atoms with E-state index < -0.39 is 27.9 Å². The molecule has 8 heteroatoms. The van der Waals surface area contributed by atoms with Gasteiger partial charge in [-0.2, -0.15) is 0 Å². The number of nitrogens with zero attached hydrogens (tertiary/aromatic N) is 1. The first-order chi connectivity index (χ1) is 13.0. The lowest BCUT2D eigenvalue weighted by atomic mass is 10.1. The zero-order valence-electron chi connectivity index (χ0n) is 16.5. The summed E-state index contributed by atoms with van der Waals surface area (Å²) in [5.74, 6) is -1.04.